The highest BCUT2D eigenvalue weighted by atomic mass is 35.5. The number of carboxylic acids is 1. The van der Waals surface area contributed by atoms with E-state index >= 15 is 0 Å². The first-order valence-corrected chi connectivity index (χ1v) is 12.3. The zero-order chi connectivity index (χ0) is 24.5. The molecule has 0 saturated heterocycles. The number of ether oxygens (including phenoxy) is 1. The number of nitrogens with one attached hydrogen (secondary N) is 1. The third-order valence-corrected chi connectivity index (χ3v) is 7.14. The summed E-state index contributed by atoms with van der Waals surface area (Å²) in [5.74, 6) is 0.824. The number of hydrogen-bond acceptors (Lipinski definition) is 5. The van der Waals surface area contributed by atoms with E-state index in [0.717, 1.165) is 59.1 Å². The Kier molecular flexibility index (Phi) is 6.62. The van der Waals surface area contributed by atoms with Gasteiger partial charge in [-0.05, 0) is 68.9 Å². The van der Waals surface area contributed by atoms with Crippen molar-refractivity contribution in [3.63, 3.8) is 0 Å². The van der Waals surface area contributed by atoms with E-state index in [1.165, 1.54) is 0 Å². The number of aromatic nitrogens is 4. The number of benzene rings is 1. The summed E-state index contributed by atoms with van der Waals surface area (Å²) in [7, 11) is 0. The standard InChI is InChI=1S/C26H24Cl2N4O3/c1-14-8-17(13-30-26(14)35-18-5-2-15(3-6-18)9-24(33)34)21-7-4-16(12-29-21)25-31-22-10-19(27)20(28)11-23(22)32-25/h4,7-8,10-13,15,18H,2-3,5-6,9H2,1H3,(H,31,32)(H,33,34)/t15-,18-. The molecule has 1 fully saturated rings. The van der Waals surface area contributed by atoms with Crippen LogP contribution in [0.2, 0.25) is 10.0 Å². The molecule has 0 amide bonds. The number of carbonyl (C=O) groups is 1. The molecule has 0 atom stereocenters. The summed E-state index contributed by atoms with van der Waals surface area (Å²) in [6.45, 7) is 1.97. The fourth-order valence-electron chi connectivity index (χ4n) is 4.53. The number of fused-ring (bicyclic) bond motifs is 1. The van der Waals surface area contributed by atoms with Crippen molar-refractivity contribution in [2.24, 2.45) is 5.92 Å². The van der Waals surface area contributed by atoms with Crippen LogP contribution in [0.5, 0.6) is 5.88 Å². The predicted molar refractivity (Wildman–Crippen MR) is 136 cm³/mol. The molecule has 35 heavy (non-hydrogen) atoms. The van der Waals surface area contributed by atoms with E-state index in [1.807, 2.05) is 25.1 Å². The zero-order valence-corrected chi connectivity index (χ0v) is 20.6. The lowest BCUT2D eigenvalue weighted by Crippen LogP contribution is -2.25. The third kappa shape index (κ3) is 5.26. The molecule has 0 radical (unpaired) electrons. The number of pyridine rings is 2. The Labute approximate surface area is 212 Å². The highest BCUT2D eigenvalue weighted by molar-refractivity contribution is 6.42. The average Bonchev–Trinajstić information content (AvgIpc) is 3.24. The van der Waals surface area contributed by atoms with Crippen molar-refractivity contribution in [1.29, 1.82) is 0 Å². The van der Waals surface area contributed by atoms with Crippen molar-refractivity contribution in [2.75, 3.05) is 0 Å². The lowest BCUT2D eigenvalue weighted by Gasteiger charge is -2.28. The molecule has 180 valence electrons. The van der Waals surface area contributed by atoms with Gasteiger partial charge in [0.2, 0.25) is 5.88 Å². The normalized spacial score (nSPS) is 18.0. The third-order valence-electron chi connectivity index (χ3n) is 6.42. The van der Waals surface area contributed by atoms with E-state index in [0.29, 0.717) is 21.7 Å². The number of aryl methyl sites for hydroxylation is 1. The molecule has 0 unspecified atom stereocenters. The second-order valence-electron chi connectivity index (χ2n) is 9.01. The fraction of sp³-hybridized carbons (Fsp3) is 0.308. The van der Waals surface area contributed by atoms with Gasteiger partial charge in [0, 0.05) is 35.5 Å². The number of aliphatic carboxylic acids is 1. The van der Waals surface area contributed by atoms with Crippen LogP contribution in [-0.4, -0.2) is 37.1 Å². The summed E-state index contributed by atoms with van der Waals surface area (Å²) in [5, 5.41) is 9.93. The van der Waals surface area contributed by atoms with Gasteiger partial charge in [-0.1, -0.05) is 23.2 Å². The smallest absolute Gasteiger partial charge is 0.303 e. The molecule has 0 bridgehead atoms. The molecule has 5 rings (SSSR count). The number of carboxylic acid groups (broad SMARTS) is 1. The van der Waals surface area contributed by atoms with Crippen molar-refractivity contribution in [3.8, 4) is 28.5 Å². The van der Waals surface area contributed by atoms with Gasteiger partial charge in [0.1, 0.15) is 11.9 Å². The van der Waals surface area contributed by atoms with Gasteiger partial charge in [-0.2, -0.15) is 0 Å². The van der Waals surface area contributed by atoms with E-state index < -0.39 is 5.97 Å². The van der Waals surface area contributed by atoms with Gasteiger partial charge >= 0.3 is 5.97 Å². The fourth-order valence-corrected chi connectivity index (χ4v) is 4.85. The number of hydrogen-bond donors (Lipinski definition) is 2. The van der Waals surface area contributed by atoms with E-state index in [1.54, 1.807) is 24.5 Å². The van der Waals surface area contributed by atoms with E-state index in [4.69, 9.17) is 33.0 Å². The Morgan fingerprint density at radius 1 is 1.06 bits per heavy atom. The van der Waals surface area contributed by atoms with Crippen molar-refractivity contribution >= 4 is 40.2 Å². The molecule has 7 nitrogen and oxygen atoms in total. The van der Waals surface area contributed by atoms with Crippen molar-refractivity contribution in [1.82, 2.24) is 19.9 Å². The highest BCUT2D eigenvalue weighted by Gasteiger charge is 2.25. The topological polar surface area (TPSA) is 101 Å². The largest absolute Gasteiger partial charge is 0.481 e. The molecule has 1 aliphatic rings. The Morgan fingerprint density at radius 3 is 2.49 bits per heavy atom. The Bertz CT molecular complexity index is 1340. The molecule has 9 heteroatoms. The summed E-state index contributed by atoms with van der Waals surface area (Å²) in [4.78, 5) is 27.9. The van der Waals surface area contributed by atoms with Crippen LogP contribution in [0.4, 0.5) is 0 Å². The van der Waals surface area contributed by atoms with Gasteiger partial charge in [0.15, 0.2) is 0 Å². The molecule has 0 spiro atoms. The lowest BCUT2D eigenvalue weighted by atomic mass is 9.85. The highest BCUT2D eigenvalue weighted by Crippen LogP contribution is 2.32. The van der Waals surface area contributed by atoms with Crippen LogP contribution in [0.15, 0.2) is 42.7 Å². The van der Waals surface area contributed by atoms with Gasteiger partial charge in [-0.25, -0.2) is 9.97 Å². The van der Waals surface area contributed by atoms with Crippen LogP contribution in [0.1, 0.15) is 37.7 Å². The molecule has 3 aromatic heterocycles. The Morgan fingerprint density at radius 2 is 1.80 bits per heavy atom. The van der Waals surface area contributed by atoms with Crippen LogP contribution < -0.4 is 4.74 Å². The van der Waals surface area contributed by atoms with Crippen molar-refractivity contribution in [2.45, 2.75) is 45.1 Å². The minimum absolute atomic E-state index is 0.0723. The first-order chi connectivity index (χ1) is 16.9. The number of aromatic amines is 1. The molecule has 1 aliphatic carbocycles. The molecule has 1 aromatic carbocycles. The number of nitrogens with zero attached hydrogens (tertiary/aromatic N) is 3. The lowest BCUT2D eigenvalue weighted by molar-refractivity contribution is -0.138. The molecule has 0 aliphatic heterocycles. The van der Waals surface area contributed by atoms with Gasteiger partial charge in [-0.3, -0.25) is 9.78 Å². The maximum Gasteiger partial charge on any atom is 0.303 e. The monoisotopic (exact) mass is 510 g/mol. The van der Waals surface area contributed by atoms with Crippen molar-refractivity contribution < 1.29 is 14.6 Å². The minimum Gasteiger partial charge on any atom is -0.481 e. The summed E-state index contributed by atoms with van der Waals surface area (Å²) < 4.78 is 6.14. The molecular formula is C26H24Cl2N4O3. The van der Waals surface area contributed by atoms with Crippen LogP contribution in [0.3, 0.4) is 0 Å². The Balaban J connectivity index is 1.27. The van der Waals surface area contributed by atoms with Crippen molar-refractivity contribution in [3.05, 3.63) is 58.3 Å². The van der Waals surface area contributed by atoms with Crippen LogP contribution in [0, 0.1) is 12.8 Å². The predicted octanol–water partition coefficient (Wildman–Crippen LogP) is 6.71. The minimum atomic E-state index is -0.725. The second-order valence-corrected chi connectivity index (χ2v) is 9.82. The van der Waals surface area contributed by atoms with Crippen LogP contribution >= 0.6 is 23.2 Å². The maximum atomic E-state index is 10.9. The zero-order valence-electron chi connectivity index (χ0n) is 19.1. The number of imidazole rings is 1. The summed E-state index contributed by atoms with van der Waals surface area (Å²) in [6, 6.07) is 9.41. The first-order valence-electron chi connectivity index (χ1n) is 11.5. The van der Waals surface area contributed by atoms with Gasteiger partial charge in [0.05, 0.1) is 26.8 Å². The maximum absolute atomic E-state index is 10.9. The average molecular weight is 511 g/mol. The SMILES string of the molecule is Cc1cc(-c2ccc(-c3nc4cc(Cl)c(Cl)cc4[nH]3)cn2)cnc1O[C@H]1CC[C@H](CC(=O)O)CC1. The number of rotatable bonds is 6. The molecule has 4 aromatic rings. The second kappa shape index (κ2) is 9.84. The number of H-pyrrole nitrogens is 1. The van der Waals surface area contributed by atoms with Gasteiger partial charge in [0.25, 0.3) is 0 Å². The van der Waals surface area contributed by atoms with Crippen LogP contribution in [0.25, 0.3) is 33.7 Å². The van der Waals surface area contributed by atoms with E-state index in [2.05, 4.69) is 19.9 Å². The number of halogens is 2. The molecular weight excluding hydrogens is 487 g/mol. The quantitative estimate of drug-likeness (QED) is 0.298. The molecule has 2 N–H and O–H groups in total. The summed E-state index contributed by atoms with van der Waals surface area (Å²) in [6.07, 6.45) is 7.29. The van der Waals surface area contributed by atoms with E-state index in [-0.39, 0.29) is 18.4 Å². The van der Waals surface area contributed by atoms with E-state index in [9.17, 15) is 4.79 Å². The van der Waals surface area contributed by atoms with Crippen LogP contribution in [-0.2, 0) is 4.79 Å². The molecule has 1 saturated carbocycles. The van der Waals surface area contributed by atoms with Gasteiger partial charge in [-0.15, -0.1) is 0 Å². The first kappa shape index (κ1) is 23.6. The molecule has 3 heterocycles. The van der Waals surface area contributed by atoms with Gasteiger partial charge < -0.3 is 14.8 Å². The summed E-state index contributed by atoms with van der Waals surface area (Å²) >= 11 is 12.2. The summed E-state index contributed by atoms with van der Waals surface area (Å²) in [5.41, 5.74) is 5.03. The Hall–Kier alpha value is -3.16.